The minimum atomic E-state index is -0.349. The molecule has 0 aromatic heterocycles. The topological polar surface area (TPSA) is 47.3 Å². The normalized spacial score (nSPS) is 16.8. The molecular formula is C16H17FN2O. The van der Waals surface area contributed by atoms with E-state index in [9.17, 15) is 4.39 Å². The van der Waals surface area contributed by atoms with Gasteiger partial charge in [-0.3, -0.25) is 0 Å². The van der Waals surface area contributed by atoms with Gasteiger partial charge in [-0.15, -0.1) is 0 Å². The van der Waals surface area contributed by atoms with Gasteiger partial charge in [0, 0.05) is 17.4 Å². The lowest BCUT2D eigenvalue weighted by atomic mass is 10.1. The van der Waals surface area contributed by atoms with Crippen LogP contribution >= 0.6 is 0 Å². The third-order valence-corrected chi connectivity index (χ3v) is 3.74. The summed E-state index contributed by atoms with van der Waals surface area (Å²) >= 11 is 0. The van der Waals surface area contributed by atoms with Gasteiger partial charge in [-0.2, -0.15) is 0 Å². The molecule has 1 unspecified atom stereocenters. The van der Waals surface area contributed by atoms with Crippen LogP contribution in [0.5, 0.6) is 5.75 Å². The Kier molecular flexibility index (Phi) is 3.22. The maximum atomic E-state index is 13.4. The Morgan fingerprint density at radius 1 is 1.25 bits per heavy atom. The second-order valence-corrected chi connectivity index (χ2v) is 5.04. The van der Waals surface area contributed by atoms with Crippen molar-refractivity contribution in [2.45, 2.75) is 18.9 Å². The molecule has 0 aliphatic heterocycles. The highest BCUT2D eigenvalue weighted by atomic mass is 19.1. The first-order valence-electron chi connectivity index (χ1n) is 6.66. The van der Waals surface area contributed by atoms with Crippen molar-refractivity contribution in [3.05, 3.63) is 53.3 Å². The molecule has 0 amide bonds. The summed E-state index contributed by atoms with van der Waals surface area (Å²) in [5, 5.41) is 3.43. The molecule has 3 nitrogen and oxygen atoms in total. The lowest BCUT2D eigenvalue weighted by Crippen LogP contribution is -2.07. The van der Waals surface area contributed by atoms with E-state index in [-0.39, 0.29) is 17.6 Å². The molecule has 0 spiro atoms. The molecule has 1 aliphatic carbocycles. The molecule has 0 fully saturated rings. The van der Waals surface area contributed by atoms with Crippen molar-refractivity contribution in [3.63, 3.8) is 0 Å². The largest absolute Gasteiger partial charge is 0.494 e. The van der Waals surface area contributed by atoms with Gasteiger partial charge in [-0.1, -0.05) is 6.07 Å². The van der Waals surface area contributed by atoms with Crippen LogP contribution in [0.25, 0.3) is 0 Å². The summed E-state index contributed by atoms with van der Waals surface area (Å²) in [6, 6.07) is 11.1. The fourth-order valence-electron chi connectivity index (χ4n) is 2.74. The molecule has 2 aromatic rings. The van der Waals surface area contributed by atoms with Crippen LogP contribution in [0.4, 0.5) is 15.8 Å². The van der Waals surface area contributed by atoms with Crippen LogP contribution in [0.2, 0.25) is 0 Å². The first-order chi connectivity index (χ1) is 9.67. The fraction of sp³-hybridized carbons (Fsp3) is 0.250. The minimum Gasteiger partial charge on any atom is -0.494 e. The molecule has 104 valence electrons. The molecule has 0 bridgehead atoms. The number of hydrogen-bond acceptors (Lipinski definition) is 3. The summed E-state index contributed by atoms with van der Waals surface area (Å²) in [4.78, 5) is 0. The number of nitrogens with two attached hydrogens (primary N) is 1. The van der Waals surface area contributed by atoms with Gasteiger partial charge in [-0.25, -0.2) is 4.39 Å². The number of nitrogen functional groups attached to an aromatic ring is 1. The van der Waals surface area contributed by atoms with E-state index in [0.29, 0.717) is 0 Å². The Morgan fingerprint density at radius 2 is 2.10 bits per heavy atom. The van der Waals surface area contributed by atoms with Gasteiger partial charge in [0.15, 0.2) is 11.6 Å². The SMILES string of the molecule is COc1cc(NC2CCc3cc(N)ccc32)ccc1F. The van der Waals surface area contributed by atoms with Crippen molar-refractivity contribution in [1.29, 1.82) is 0 Å². The van der Waals surface area contributed by atoms with Gasteiger partial charge < -0.3 is 15.8 Å². The summed E-state index contributed by atoms with van der Waals surface area (Å²) in [5.74, 6) is -0.0943. The van der Waals surface area contributed by atoms with E-state index in [1.165, 1.54) is 24.3 Å². The minimum absolute atomic E-state index is 0.237. The molecule has 3 rings (SSSR count). The quantitative estimate of drug-likeness (QED) is 0.840. The van der Waals surface area contributed by atoms with Gasteiger partial charge >= 0.3 is 0 Å². The summed E-state index contributed by atoms with van der Waals surface area (Å²) in [5.41, 5.74) is 10.0. The van der Waals surface area contributed by atoms with Gasteiger partial charge in [0.05, 0.1) is 13.2 Å². The smallest absolute Gasteiger partial charge is 0.165 e. The van der Waals surface area contributed by atoms with Gasteiger partial charge in [0.1, 0.15) is 0 Å². The van der Waals surface area contributed by atoms with Crippen LogP contribution in [0.1, 0.15) is 23.6 Å². The first kappa shape index (κ1) is 12.8. The second kappa shape index (κ2) is 5.04. The predicted molar refractivity (Wildman–Crippen MR) is 78.5 cm³/mol. The molecule has 2 aromatic carbocycles. The number of fused-ring (bicyclic) bond motifs is 1. The second-order valence-electron chi connectivity index (χ2n) is 5.04. The van der Waals surface area contributed by atoms with E-state index in [4.69, 9.17) is 10.5 Å². The zero-order valence-corrected chi connectivity index (χ0v) is 11.3. The first-order valence-corrected chi connectivity index (χ1v) is 6.66. The van der Waals surface area contributed by atoms with Crippen molar-refractivity contribution < 1.29 is 9.13 Å². The molecule has 20 heavy (non-hydrogen) atoms. The van der Waals surface area contributed by atoms with Crippen molar-refractivity contribution >= 4 is 11.4 Å². The van der Waals surface area contributed by atoms with Crippen molar-refractivity contribution in [1.82, 2.24) is 0 Å². The average molecular weight is 272 g/mol. The average Bonchev–Trinajstić information content (AvgIpc) is 2.83. The third-order valence-electron chi connectivity index (χ3n) is 3.74. The van der Waals surface area contributed by atoms with Crippen LogP contribution in [0, 0.1) is 5.82 Å². The molecule has 0 radical (unpaired) electrons. The number of nitrogens with one attached hydrogen (secondary N) is 1. The molecule has 4 heteroatoms. The van der Waals surface area contributed by atoms with E-state index in [1.54, 1.807) is 12.1 Å². The number of hydrogen-bond donors (Lipinski definition) is 2. The summed E-state index contributed by atoms with van der Waals surface area (Å²) in [6.07, 6.45) is 2.02. The summed E-state index contributed by atoms with van der Waals surface area (Å²) < 4.78 is 18.4. The lowest BCUT2D eigenvalue weighted by molar-refractivity contribution is 0.386. The predicted octanol–water partition coefficient (Wildman–Crippen LogP) is 3.52. The van der Waals surface area contributed by atoms with Crippen LogP contribution in [0.15, 0.2) is 36.4 Å². The fourth-order valence-corrected chi connectivity index (χ4v) is 2.74. The number of halogens is 1. The van der Waals surface area contributed by atoms with Crippen molar-refractivity contribution in [2.24, 2.45) is 0 Å². The van der Waals surface area contributed by atoms with Crippen LogP contribution in [-0.2, 0) is 6.42 Å². The van der Waals surface area contributed by atoms with Crippen LogP contribution in [-0.4, -0.2) is 7.11 Å². The van der Waals surface area contributed by atoms with Crippen molar-refractivity contribution in [3.8, 4) is 5.75 Å². The zero-order valence-electron chi connectivity index (χ0n) is 11.3. The number of aryl methyl sites for hydroxylation is 1. The molecule has 1 aliphatic rings. The maximum Gasteiger partial charge on any atom is 0.165 e. The number of ether oxygens (including phenoxy) is 1. The monoisotopic (exact) mass is 272 g/mol. The number of rotatable bonds is 3. The number of methoxy groups -OCH3 is 1. The Balaban J connectivity index is 1.84. The lowest BCUT2D eigenvalue weighted by Gasteiger charge is -2.16. The molecule has 3 N–H and O–H groups in total. The standard InChI is InChI=1S/C16H17FN2O/c1-20-16-9-12(4-6-14(16)17)19-15-7-2-10-8-11(18)3-5-13(10)15/h3-6,8-9,15,19H,2,7,18H2,1H3. The number of anilines is 2. The third kappa shape index (κ3) is 2.29. The molecule has 0 heterocycles. The highest BCUT2D eigenvalue weighted by Crippen LogP contribution is 2.35. The van der Waals surface area contributed by atoms with Crippen LogP contribution < -0.4 is 15.8 Å². The Hall–Kier alpha value is -2.23. The highest BCUT2D eigenvalue weighted by molar-refractivity contribution is 5.54. The van der Waals surface area contributed by atoms with E-state index in [2.05, 4.69) is 11.4 Å². The van der Waals surface area contributed by atoms with Crippen LogP contribution in [0.3, 0.4) is 0 Å². The highest BCUT2D eigenvalue weighted by Gasteiger charge is 2.22. The molecule has 0 saturated carbocycles. The maximum absolute atomic E-state index is 13.4. The molecule has 1 atom stereocenters. The Bertz CT molecular complexity index is 642. The van der Waals surface area contributed by atoms with E-state index >= 15 is 0 Å². The Labute approximate surface area is 117 Å². The van der Waals surface area contributed by atoms with Crippen molar-refractivity contribution in [2.75, 3.05) is 18.2 Å². The summed E-state index contributed by atoms with van der Waals surface area (Å²) in [6.45, 7) is 0. The van der Waals surface area contributed by atoms with Gasteiger partial charge in [0.2, 0.25) is 0 Å². The number of benzene rings is 2. The van der Waals surface area contributed by atoms with E-state index < -0.39 is 0 Å². The van der Waals surface area contributed by atoms with E-state index in [1.807, 2.05) is 12.1 Å². The molecule has 0 saturated heterocycles. The summed E-state index contributed by atoms with van der Waals surface area (Å²) in [7, 11) is 1.47. The molecular weight excluding hydrogens is 255 g/mol. The Morgan fingerprint density at radius 3 is 2.90 bits per heavy atom. The zero-order chi connectivity index (χ0) is 14.1. The van der Waals surface area contributed by atoms with Gasteiger partial charge in [0.25, 0.3) is 0 Å². The van der Waals surface area contributed by atoms with E-state index in [0.717, 1.165) is 24.2 Å². The van der Waals surface area contributed by atoms with Gasteiger partial charge in [-0.05, 0) is 48.2 Å².